The minimum atomic E-state index is 0.262. The number of halogens is 2. The Morgan fingerprint density at radius 3 is 2.63 bits per heavy atom. The topological polar surface area (TPSA) is 29.3 Å². The van der Waals surface area contributed by atoms with E-state index < -0.39 is 0 Å². The van der Waals surface area contributed by atoms with Gasteiger partial charge >= 0.3 is 0 Å². The van der Waals surface area contributed by atoms with Gasteiger partial charge in [-0.3, -0.25) is 4.90 Å². The number of benzene rings is 1. The van der Waals surface area contributed by atoms with Gasteiger partial charge in [0.1, 0.15) is 0 Å². The molecule has 2 nitrogen and oxygen atoms in total. The van der Waals surface area contributed by atoms with E-state index in [1.165, 1.54) is 37.8 Å². The molecule has 0 aliphatic heterocycles. The molecular formula is C15H20BrClN2. The fourth-order valence-corrected chi connectivity index (χ4v) is 3.37. The van der Waals surface area contributed by atoms with Gasteiger partial charge in [-0.1, -0.05) is 27.5 Å². The van der Waals surface area contributed by atoms with Crippen molar-refractivity contribution in [3.63, 3.8) is 0 Å². The molecule has 1 aromatic carbocycles. The third-order valence-corrected chi connectivity index (χ3v) is 4.96. The van der Waals surface area contributed by atoms with Gasteiger partial charge in [-0.15, -0.1) is 0 Å². The molecule has 0 aromatic heterocycles. The van der Waals surface area contributed by atoms with Crippen LogP contribution in [0.4, 0.5) is 0 Å². The predicted octanol–water partition coefficient (Wildman–Crippen LogP) is 3.98. The lowest BCUT2D eigenvalue weighted by Crippen LogP contribution is -2.37. The molecule has 0 spiro atoms. The third kappa shape index (κ3) is 3.33. The van der Waals surface area contributed by atoms with Gasteiger partial charge in [-0.25, -0.2) is 0 Å². The first-order valence-corrected chi connectivity index (χ1v) is 8.27. The lowest BCUT2D eigenvalue weighted by Gasteiger charge is -2.32. The maximum Gasteiger partial charge on any atom is 0.0488 e. The summed E-state index contributed by atoms with van der Waals surface area (Å²) in [5.41, 5.74) is 7.24. The van der Waals surface area contributed by atoms with Crippen LogP contribution in [0.5, 0.6) is 0 Å². The van der Waals surface area contributed by atoms with E-state index in [4.69, 9.17) is 17.3 Å². The van der Waals surface area contributed by atoms with Gasteiger partial charge < -0.3 is 5.73 Å². The van der Waals surface area contributed by atoms with Gasteiger partial charge in [0.05, 0.1) is 0 Å². The van der Waals surface area contributed by atoms with E-state index in [0.717, 1.165) is 21.5 Å². The summed E-state index contributed by atoms with van der Waals surface area (Å²) in [5, 5.41) is 0.833. The molecule has 0 amide bonds. The minimum absolute atomic E-state index is 0.262. The number of nitrogens with zero attached hydrogens (tertiary/aromatic N) is 1. The van der Waals surface area contributed by atoms with Crippen LogP contribution in [0.25, 0.3) is 0 Å². The Balaban J connectivity index is 1.85. The molecule has 2 fully saturated rings. The molecule has 104 valence electrons. The minimum Gasteiger partial charge on any atom is -0.329 e. The lowest BCUT2D eigenvalue weighted by atomic mass is 10.0. The smallest absolute Gasteiger partial charge is 0.0488 e. The van der Waals surface area contributed by atoms with Crippen molar-refractivity contribution in [2.45, 2.75) is 37.8 Å². The molecule has 2 aliphatic rings. The summed E-state index contributed by atoms with van der Waals surface area (Å²) in [4.78, 5) is 2.60. The largest absolute Gasteiger partial charge is 0.329 e. The highest BCUT2D eigenvalue weighted by Gasteiger charge is 2.38. The highest BCUT2D eigenvalue weighted by atomic mass is 79.9. The Bertz CT molecular complexity index is 457. The molecule has 0 heterocycles. The average molecular weight is 344 g/mol. The SMILES string of the molecule is NCC(c1cc(Br)ccc1Cl)N(CC1CC1)C1CC1. The number of hydrogen-bond acceptors (Lipinski definition) is 2. The summed E-state index contributed by atoms with van der Waals surface area (Å²) < 4.78 is 1.08. The maximum atomic E-state index is 6.39. The average Bonchev–Trinajstić information content (AvgIpc) is 3.26. The van der Waals surface area contributed by atoms with Gasteiger partial charge in [0.25, 0.3) is 0 Å². The molecule has 0 saturated heterocycles. The molecular weight excluding hydrogens is 324 g/mol. The molecule has 2 saturated carbocycles. The lowest BCUT2D eigenvalue weighted by molar-refractivity contribution is 0.183. The summed E-state index contributed by atoms with van der Waals surface area (Å²) in [6.45, 7) is 1.83. The molecule has 2 aliphatic carbocycles. The summed E-state index contributed by atoms with van der Waals surface area (Å²) >= 11 is 9.93. The molecule has 1 aromatic rings. The molecule has 0 radical (unpaired) electrons. The van der Waals surface area contributed by atoms with Crippen LogP contribution >= 0.6 is 27.5 Å². The van der Waals surface area contributed by atoms with Gasteiger partial charge in [0, 0.05) is 34.7 Å². The van der Waals surface area contributed by atoms with Crippen molar-refractivity contribution >= 4 is 27.5 Å². The summed E-state index contributed by atoms with van der Waals surface area (Å²) in [6, 6.07) is 7.07. The van der Waals surface area contributed by atoms with Gasteiger partial charge in [-0.05, 0) is 55.4 Å². The summed E-state index contributed by atoms with van der Waals surface area (Å²) in [6.07, 6.45) is 5.39. The van der Waals surface area contributed by atoms with Crippen LogP contribution in [0.1, 0.15) is 37.3 Å². The second kappa shape index (κ2) is 5.72. The van der Waals surface area contributed by atoms with E-state index >= 15 is 0 Å². The van der Waals surface area contributed by atoms with Gasteiger partial charge in [0.15, 0.2) is 0 Å². The third-order valence-electron chi connectivity index (χ3n) is 4.12. The van der Waals surface area contributed by atoms with E-state index in [1.54, 1.807) is 0 Å². The maximum absolute atomic E-state index is 6.39. The van der Waals surface area contributed by atoms with Crippen LogP contribution in [-0.4, -0.2) is 24.0 Å². The second-order valence-corrected chi connectivity index (χ2v) is 7.11. The van der Waals surface area contributed by atoms with Crippen molar-refractivity contribution in [2.24, 2.45) is 11.7 Å². The number of hydrogen-bond donors (Lipinski definition) is 1. The van der Waals surface area contributed by atoms with Crippen LogP contribution in [0, 0.1) is 5.92 Å². The van der Waals surface area contributed by atoms with Crippen LogP contribution in [0.3, 0.4) is 0 Å². The first-order chi connectivity index (χ1) is 9.19. The molecule has 1 atom stereocenters. The van der Waals surface area contributed by atoms with E-state index in [0.29, 0.717) is 6.54 Å². The van der Waals surface area contributed by atoms with Crippen LogP contribution in [-0.2, 0) is 0 Å². The Morgan fingerprint density at radius 1 is 1.32 bits per heavy atom. The molecule has 1 unspecified atom stereocenters. The fourth-order valence-electron chi connectivity index (χ4n) is 2.75. The summed E-state index contributed by atoms with van der Waals surface area (Å²) in [5.74, 6) is 0.889. The molecule has 4 heteroatoms. The monoisotopic (exact) mass is 342 g/mol. The highest BCUT2D eigenvalue weighted by Crippen LogP contribution is 2.41. The van der Waals surface area contributed by atoms with Gasteiger partial charge in [-0.2, -0.15) is 0 Å². The zero-order chi connectivity index (χ0) is 13.4. The van der Waals surface area contributed by atoms with E-state index in [-0.39, 0.29) is 6.04 Å². The standard InChI is InChI=1S/C15H20BrClN2/c16-11-3-6-14(17)13(7-11)15(8-18)19(12-4-5-12)9-10-1-2-10/h3,6-7,10,12,15H,1-2,4-5,8-9,18H2. The van der Waals surface area contributed by atoms with Crippen LogP contribution < -0.4 is 5.73 Å². The Labute approximate surface area is 128 Å². The van der Waals surface area contributed by atoms with E-state index in [9.17, 15) is 0 Å². The van der Waals surface area contributed by atoms with Crippen LogP contribution in [0.2, 0.25) is 5.02 Å². The van der Waals surface area contributed by atoms with E-state index in [2.05, 4.69) is 26.9 Å². The fraction of sp³-hybridized carbons (Fsp3) is 0.600. The van der Waals surface area contributed by atoms with Crippen molar-refractivity contribution < 1.29 is 0 Å². The highest BCUT2D eigenvalue weighted by molar-refractivity contribution is 9.10. The van der Waals surface area contributed by atoms with Crippen molar-refractivity contribution in [1.82, 2.24) is 4.90 Å². The number of nitrogens with two attached hydrogens (primary N) is 1. The second-order valence-electron chi connectivity index (χ2n) is 5.79. The normalized spacial score (nSPS) is 20.8. The Morgan fingerprint density at radius 2 is 2.05 bits per heavy atom. The van der Waals surface area contributed by atoms with Gasteiger partial charge in [0.2, 0.25) is 0 Å². The van der Waals surface area contributed by atoms with Crippen molar-refractivity contribution in [1.29, 1.82) is 0 Å². The Hall–Kier alpha value is -0.0900. The quantitative estimate of drug-likeness (QED) is 0.846. The van der Waals surface area contributed by atoms with Crippen molar-refractivity contribution in [3.05, 3.63) is 33.3 Å². The van der Waals surface area contributed by atoms with Crippen LogP contribution in [0.15, 0.2) is 22.7 Å². The van der Waals surface area contributed by atoms with E-state index in [1.807, 2.05) is 12.1 Å². The zero-order valence-corrected chi connectivity index (χ0v) is 13.3. The number of rotatable bonds is 6. The molecule has 0 bridgehead atoms. The molecule has 19 heavy (non-hydrogen) atoms. The molecule has 2 N–H and O–H groups in total. The molecule has 3 rings (SSSR count). The predicted molar refractivity (Wildman–Crippen MR) is 83.4 cm³/mol. The first kappa shape index (κ1) is 13.9. The summed E-state index contributed by atoms with van der Waals surface area (Å²) in [7, 11) is 0. The van der Waals surface area contributed by atoms with Crippen molar-refractivity contribution in [3.8, 4) is 0 Å². The first-order valence-electron chi connectivity index (χ1n) is 7.10. The Kier molecular flexibility index (Phi) is 4.18. The zero-order valence-electron chi connectivity index (χ0n) is 11.0. The van der Waals surface area contributed by atoms with Crippen molar-refractivity contribution in [2.75, 3.05) is 13.1 Å².